The Kier molecular flexibility index (Phi) is 2.80. The van der Waals surface area contributed by atoms with Crippen LogP contribution >= 0.6 is 15.9 Å². The fourth-order valence-corrected chi connectivity index (χ4v) is 1.81. The maximum absolute atomic E-state index is 8.91. The van der Waals surface area contributed by atoms with Crippen LogP contribution in [0.15, 0.2) is 28.7 Å². The van der Waals surface area contributed by atoms with Gasteiger partial charge in [0, 0.05) is 17.1 Å². The number of hydrogen-bond donors (Lipinski definition) is 0. The first-order chi connectivity index (χ1) is 7.63. The van der Waals surface area contributed by atoms with Crippen LogP contribution in [0.3, 0.4) is 0 Å². The van der Waals surface area contributed by atoms with Crippen LogP contribution in [0.25, 0.3) is 11.4 Å². The van der Waals surface area contributed by atoms with Crippen LogP contribution in [-0.2, 0) is 7.05 Å². The normalized spacial score (nSPS) is 10.1. The van der Waals surface area contributed by atoms with Crippen LogP contribution in [0.1, 0.15) is 11.4 Å². The largest absolute Gasteiger partial charge is 0.330 e. The Labute approximate surface area is 102 Å². The third kappa shape index (κ3) is 1.74. The molecule has 1 aromatic heterocycles. The summed E-state index contributed by atoms with van der Waals surface area (Å²) in [4.78, 5) is 4.31. The molecule has 0 aliphatic rings. The van der Waals surface area contributed by atoms with E-state index in [-0.39, 0.29) is 0 Å². The summed E-state index contributed by atoms with van der Waals surface area (Å²) in [5.41, 5.74) is 2.39. The minimum atomic E-state index is 0.486. The number of nitrogens with zero attached hydrogens (tertiary/aromatic N) is 3. The van der Waals surface area contributed by atoms with Gasteiger partial charge in [0.25, 0.3) is 0 Å². The zero-order chi connectivity index (χ0) is 11.7. The molecule has 0 radical (unpaired) electrons. The summed E-state index contributed by atoms with van der Waals surface area (Å²) in [6.07, 6.45) is 0. The van der Waals surface area contributed by atoms with E-state index in [0.29, 0.717) is 5.69 Å². The first-order valence-electron chi connectivity index (χ1n) is 4.83. The molecule has 0 atom stereocenters. The molecule has 0 spiro atoms. The molecule has 0 saturated heterocycles. The van der Waals surface area contributed by atoms with Crippen molar-refractivity contribution >= 4 is 15.9 Å². The third-order valence-corrected chi connectivity index (χ3v) is 3.12. The standard InChI is InChI=1S/C12H10BrN3/c1-8-11(7-14)15-12(16(8)2)9-3-5-10(13)6-4-9/h3-6H,1-2H3. The van der Waals surface area contributed by atoms with E-state index < -0.39 is 0 Å². The van der Waals surface area contributed by atoms with Gasteiger partial charge >= 0.3 is 0 Å². The average Bonchev–Trinajstić information content (AvgIpc) is 2.57. The molecule has 0 saturated carbocycles. The molecule has 0 aliphatic carbocycles. The number of benzene rings is 1. The van der Waals surface area contributed by atoms with Gasteiger partial charge in [-0.1, -0.05) is 28.1 Å². The molecule has 1 heterocycles. The van der Waals surface area contributed by atoms with Crippen molar-refractivity contribution in [1.82, 2.24) is 9.55 Å². The highest BCUT2D eigenvalue weighted by Crippen LogP contribution is 2.22. The van der Waals surface area contributed by atoms with Gasteiger partial charge in [0.2, 0.25) is 0 Å². The lowest BCUT2D eigenvalue weighted by molar-refractivity contribution is 0.883. The maximum atomic E-state index is 8.91. The number of aromatic nitrogens is 2. The van der Waals surface area contributed by atoms with Gasteiger partial charge in [0.1, 0.15) is 11.9 Å². The molecule has 0 amide bonds. The van der Waals surface area contributed by atoms with Gasteiger partial charge in [-0.2, -0.15) is 5.26 Å². The fourth-order valence-electron chi connectivity index (χ4n) is 1.54. The van der Waals surface area contributed by atoms with E-state index in [1.807, 2.05) is 42.8 Å². The summed E-state index contributed by atoms with van der Waals surface area (Å²) in [7, 11) is 1.92. The number of halogens is 1. The molecule has 3 nitrogen and oxygen atoms in total. The van der Waals surface area contributed by atoms with Crippen molar-refractivity contribution in [1.29, 1.82) is 5.26 Å². The summed E-state index contributed by atoms with van der Waals surface area (Å²) >= 11 is 3.39. The first-order valence-corrected chi connectivity index (χ1v) is 5.62. The quantitative estimate of drug-likeness (QED) is 0.803. The third-order valence-electron chi connectivity index (χ3n) is 2.59. The van der Waals surface area contributed by atoms with Crippen LogP contribution in [-0.4, -0.2) is 9.55 Å². The molecule has 0 N–H and O–H groups in total. The van der Waals surface area contributed by atoms with Crippen molar-refractivity contribution in [2.24, 2.45) is 7.05 Å². The SMILES string of the molecule is Cc1c(C#N)nc(-c2ccc(Br)cc2)n1C. The molecule has 1 aromatic carbocycles. The van der Waals surface area contributed by atoms with E-state index in [1.165, 1.54) is 0 Å². The predicted octanol–water partition coefficient (Wildman–Crippen LogP) is 3.03. The van der Waals surface area contributed by atoms with Gasteiger partial charge in [0.05, 0.1) is 5.69 Å². The van der Waals surface area contributed by atoms with Gasteiger partial charge in [0.15, 0.2) is 5.69 Å². The Morgan fingerprint density at radius 2 is 1.94 bits per heavy atom. The molecule has 2 aromatic rings. The van der Waals surface area contributed by atoms with Gasteiger partial charge < -0.3 is 4.57 Å². The van der Waals surface area contributed by atoms with Crippen LogP contribution < -0.4 is 0 Å². The second-order valence-corrected chi connectivity index (χ2v) is 4.46. The Hall–Kier alpha value is -1.60. The van der Waals surface area contributed by atoms with Gasteiger partial charge in [-0.05, 0) is 19.1 Å². The second-order valence-electron chi connectivity index (χ2n) is 3.55. The highest BCUT2D eigenvalue weighted by atomic mass is 79.9. The van der Waals surface area contributed by atoms with E-state index in [0.717, 1.165) is 21.6 Å². The van der Waals surface area contributed by atoms with E-state index in [9.17, 15) is 0 Å². The topological polar surface area (TPSA) is 41.6 Å². The van der Waals surface area contributed by atoms with Crippen molar-refractivity contribution in [3.8, 4) is 17.5 Å². The highest BCUT2D eigenvalue weighted by molar-refractivity contribution is 9.10. The second kappa shape index (κ2) is 4.11. The van der Waals surface area contributed by atoms with Gasteiger partial charge in [-0.25, -0.2) is 4.98 Å². The number of hydrogen-bond acceptors (Lipinski definition) is 2. The number of imidazole rings is 1. The molecule has 0 unspecified atom stereocenters. The maximum Gasteiger partial charge on any atom is 0.162 e. The van der Waals surface area contributed by atoms with Crippen molar-refractivity contribution in [3.05, 3.63) is 40.1 Å². The van der Waals surface area contributed by atoms with Crippen molar-refractivity contribution in [2.45, 2.75) is 6.92 Å². The molecule has 0 aliphatic heterocycles. The highest BCUT2D eigenvalue weighted by Gasteiger charge is 2.11. The van der Waals surface area contributed by atoms with Crippen molar-refractivity contribution < 1.29 is 0 Å². The van der Waals surface area contributed by atoms with Crippen molar-refractivity contribution in [3.63, 3.8) is 0 Å². The minimum absolute atomic E-state index is 0.486. The van der Waals surface area contributed by atoms with E-state index in [1.54, 1.807) is 0 Å². The minimum Gasteiger partial charge on any atom is -0.330 e. The monoisotopic (exact) mass is 275 g/mol. The molecular weight excluding hydrogens is 266 g/mol. The first kappa shape index (κ1) is 10.9. The molecule has 0 fully saturated rings. The molecule has 0 bridgehead atoms. The Morgan fingerprint density at radius 3 is 2.44 bits per heavy atom. The summed E-state index contributed by atoms with van der Waals surface area (Å²) in [5.74, 6) is 0.821. The predicted molar refractivity (Wildman–Crippen MR) is 65.8 cm³/mol. The molecular formula is C12H10BrN3. The van der Waals surface area contributed by atoms with Crippen LogP contribution in [0.2, 0.25) is 0 Å². The average molecular weight is 276 g/mol. The van der Waals surface area contributed by atoms with Crippen LogP contribution in [0.5, 0.6) is 0 Å². The summed E-state index contributed by atoms with van der Waals surface area (Å²) in [5, 5.41) is 8.91. The molecule has 16 heavy (non-hydrogen) atoms. The Bertz CT molecular complexity index is 561. The Balaban J connectivity index is 2.57. The number of rotatable bonds is 1. The fraction of sp³-hybridized carbons (Fsp3) is 0.167. The number of nitriles is 1. The molecule has 80 valence electrons. The van der Waals surface area contributed by atoms with Crippen molar-refractivity contribution in [2.75, 3.05) is 0 Å². The lowest BCUT2D eigenvalue weighted by Gasteiger charge is -2.02. The zero-order valence-electron chi connectivity index (χ0n) is 9.03. The Morgan fingerprint density at radius 1 is 1.31 bits per heavy atom. The molecule has 4 heteroatoms. The van der Waals surface area contributed by atoms with Crippen LogP contribution in [0, 0.1) is 18.3 Å². The lowest BCUT2D eigenvalue weighted by atomic mass is 10.2. The summed E-state index contributed by atoms with van der Waals surface area (Å²) in [6.45, 7) is 1.90. The van der Waals surface area contributed by atoms with Gasteiger partial charge in [-0.3, -0.25) is 0 Å². The van der Waals surface area contributed by atoms with E-state index in [4.69, 9.17) is 5.26 Å². The lowest BCUT2D eigenvalue weighted by Crippen LogP contribution is -1.94. The zero-order valence-corrected chi connectivity index (χ0v) is 10.6. The summed E-state index contributed by atoms with van der Waals surface area (Å²) < 4.78 is 2.96. The molecule has 2 rings (SSSR count). The summed E-state index contributed by atoms with van der Waals surface area (Å²) in [6, 6.07) is 9.98. The van der Waals surface area contributed by atoms with Crippen LogP contribution in [0.4, 0.5) is 0 Å². The van der Waals surface area contributed by atoms with E-state index >= 15 is 0 Å². The van der Waals surface area contributed by atoms with Gasteiger partial charge in [-0.15, -0.1) is 0 Å². The smallest absolute Gasteiger partial charge is 0.162 e. The van der Waals surface area contributed by atoms with E-state index in [2.05, 4.69) is 27.0 Å².